The van der Waals surface area contributed by atoms with E-state index >= 15 is 0 Å². The van der Waals surface area contributed by atoms with Crippen molar-refractivity contribution in [3.63, 3.8) is 0 Å². The molecule has 0 aromatic heterocycles. The van der Waals surface area contributed by atoms with E-state index in [0.29, 0.717) is 0 Å². The molecule has 0 rings (SSSR count). The predicted molar refractivity (Wildman–Crippen MR) is 29.4 cm³/mol. The van der Waals surface area contributed by atoms with Gasteiger partial charge < -0.3 is 20.4 Å². The van der Waals surface area contributed by atoms with Crippen molar-refractivity contribution in [3.8, 4) is 0 Å². The maximum Gasteiger partial charge on any atom is 0.329 e. The van der Waals surface area contributed by atoms with Crippen molar-refractivity contribution in [2.45, 2.75) is 0 Å². The van der Waals surface area contributed by atoms with E-state index in [0.717, 1.165) is 0 Å². The van der Waals surface area contributed by atoms with E-state index in [1.165, 1.54) is 0 Å². The van der Waals surface area contributed by atoms with Gasteiger partial charge in [-0.3, -0.25) is 0 Å². The maximum atomic E-state index is 9.12. The zero-order chi connectivity index (χ0) is 8.57. The van der Waals surface area contributed by atoms with Gasteiger partial charge in [-0.05, 0) is 0 Å². The normalized spacial score (nSPS) is 7.40. The number of aliphatic carboxylic acids is 2. The lowest BCUT2D eigenvalue weighted by Crippen LogP contribution is -1.98. The average Bonchev–Trinajstić information content (AvgIpc) is 1.89. The predicted octanol–water partition coefficient (Wildman–Crippen LogP) is -1.87. The lowest BCUT2D eigenvalue weighted by atomic mass is 10.8. The number of aliphatic hydroxyl groups excluding tert-OH is 2. The molecule has 0 amide bonds. The second-order valence-electron chi connectivity index (χ2n) is 1.10. The first-order valence-corrected chi connectivity index (χ1v) is 2.20. The summed E-state index contributed by atoms with van der Waals surface area (Å²) in [5, 5.41) is 30.0. The molecule has 60 valence electrons. The van der Waals surface area contributed by atoms with Gasteiger partial charge in [0.05, 0.1) is 0 Å². The molecule has 0 aliphatic carbocycles. The number of aliphatic hydroxyl groups is 2. The molecule has 0 fully saturated rings. The van der Waals surface area contributed by atoms with Crippen LogP contribution in [0.2, 0.25) is 0 Å². The molecule has 0 atom stereocenters. The fourth-order valence-corrected chi connectivity index (χ4v) is 0. The summed E-state index contributed by atoms with van der Waals surface area (Å²) in [5.41, 5.74) is 0. The van der Waals surface area contributed by atoms with Crippen LogP contribution in [0.5, 0.6) is 0 Å². The second-order valence-corrected chi connectivity index (χ2v) is 1.10. The van der Waals surface area contributed by atoms with Gasteiger partial charge in [-0.25, -0.2) is 9.59 Å². The summed E-state index contributed by atoms with van der Waals surface area (Å²) in [6.45, 7) is -1.56. The summed E-state index contributed by atoms with van der Waals surface area (Å²) in [5.74, 6) is -2.38. The number of rotatable bonds is 2. The van der Waals surface area contributed by atoms with Crippen molar-refractivity contribution >= 4 is 11.9 Å². The Bertz CT molecular complexity index is 94.3. The zero-order valence-corrected chi connectivity index (χ0v) is 5.02. The van der Waals surface area contributed by atoms with Gasteiger partial charge in [-0.15, -0.1) is 0 Å². The van der Waals surface area contributed by atoms with Crippen LogP contribution < -0.4 is 0 Å². The Balaban J connectivity index is 0. The summed E-state index contributed by atoms with van der Waals surface area (Å²) < 4.78 is 0. The second kappa shape index (κ2) is 7.86. The number of hydrogen-bond acceptors (Lipinski definition) is 4. The summed E-state index contributed by atoms with van der Waals surface area (Å²) in [7, 11) is 0. The van der Waals surface area contributed by atoms with Crippen molar-refractivity contribution in [1.29, 1.82) is 0 Å². The quantitative estimate of drug-likeness (QED) is 0.368. The third-order valence-corrected chi connectivity index (χ3v) is 0.271. The standard InChI is InChI=1S/2C2H4O3/c2*3-1-2(4)5/h2*3H,1H2,(H,4,5). The van der Waals surface area contributed by atoms with Gasteiger partial charge in [0.2, 0.25) is 0 Å². The van der Waals surface area contributed by atoms with E-state index in [9.17, 15) is 0 Å². The molecule has 0 saturated heterocycles. The van der Waals surface area contributed by atoms with Crippen LogP contribution in [0.15, 0.2) is 0 Å². The molecule has 0 aliphatic heterocycles. The van der Waals surface area contributed by atoms with Crippen molar-refractivity contribution in [2.75, 3.05) is 13.2 Å². The molecular weight excluding hydrogens is 144 g/mol. The maximum absolute atomic E-state index is 9.12. The van der Waals surface area contributed by atoms with Crippen molar-refractivity contribution in [3.05, 3.63) is 0 Å². The zero-order valence-electron chi connectivity index (χ0n) is 5.02. The van der Waals surface area contributed by atoms with Gasteiger partial charge in [0.1, 0.15) is 13.2 Å². The monoisotopic (exact) mass is 152 g/mol. The Labute approximate surface area is 56.3 Å². The van der Waals surface area contributed by atoms with Gasteiger partial charge >= 0.3 is 11.9 Å². The first-order chi connectivity index (χ1) is 4.54. The van der Waals surface area contributed by atoms with Crippen molar-refractivity contribution in [1.82, 2.24) is 0 Å². The van der Waals surface area contributed by atoms with Crippen LogP contribution >= 0.6 is 0 Å². The van der Waals surface area contributed by atoms with Crippen LogP contribution in [0.4, 0.5) is 0 Å². The number of carboxylic acid groups (broad SMARTS) is 2. The molecule has 0 aliphatic rings. The van der Waals surface area contributed by atoms with E-state index in [4.69, 9.17) is 30.0 Å². The molecular formula is C4H8O6. The highest BCUT2D eigenvalue weighted by Gasteiger charge is 1.83. The SMILES string of the molecule is O=C(O)CO.O=C(O)CO. The van der Waals surface area contributed by atoms with Crippen LogP contribution in [-0.4, -0.2) is 45.6 Å². The lowest BCUT2D eigenvalue weighted by molar-refractivity contribution is -0.141. The van der Waals surface area contributed by atoms with Crippen LogP contribution in [0.1, 0.15) is 0 Å². The fourth-order valence-electron chi connectivity index (χ4n) is 0. The molecule has 0 heterocycles. The Morgan fingerprint density at radius 2 is 1.00 bits per heavy atom. The lowest BCUT2D eigenvalue weighted by Gasteiger charge is -1.72. The summed E-state index contributed by atoms with van der Waals surface area (Å²) in [6, 6.07) is 0. The Morgan fingerprint density at radius 1 is 0.900 bits per heavy atom. The van der Waals surface area contributed by atoms with Gasteiger partial charge in [-0.1, -0.05) is 0 Å². The molecule has 4 N–H and O–H groups in total. The van der Waals surface area contributed by atoms with Crippen LogP contribution in [-0.2, 0) is 9.59 Å². The molecule has 0 saturated carbocycles. The molecule has 0 aromatic carbocycles. The van der Waals surface area contributed by atoms with Gasteiger partial charge in [0.25, 0.3) is 0 Å². The Hall–Kier alpha value is -1.14. The topological polar surface area (TPSA) is 115 Å². The molecule has 0 bridgehead atoms. The number of carboxylic acids is 2. The molecule has 10 heavy (non-hydrogen) atoms. The Kier molecular flexibility index (Phi) is 9.14. The molecule has 6 heteroatoms. The molecule has 0 aromatic rings. The van der Waals surface area contributed by atoms with Gasteiger partial charge in [-0.2, -0.15) is 0 Å². The van der Waals surface area contributed by atoms with Gasteiger partial charge in [0, 0.05) is 0 Å². The van der Waals surface area contributed by atoms with Crippen molar-refractivity contribution < 1.29 is 30.0 Å². The highest BCUT2D eigenvalue weighted by atomic mass is 16.4. The highest BCUT2D eigenvalue weighted by molar-refractivity contribution is 5.67. The molecule has 6 nitrogen and oxygen atoms in total. The third-order valence-electron chi connectivity index (χ3n) is 0.271. The van der Waals surface area contributed by atoms with Crippen molar-refractivity contribution in [2.24, 2.45) is 0 Å². The number of carbonyl (C=O) groups is 2. The van der Waals surface area contributed by atoms with E-state index in [-0.39, 0.29) is 0 Å². The molecule has 0 unspecified atom stereocenters. The van der Waals surface area contributed by atoms with E-state index in [2.05, 4.69) is 0 Å². The minimum atomic E-state index is -1.19. The van der Waals surface area contributed by atoms with Crippen LogP contribution in [0, 0.1) is 0 Å². The molecule has 0 spiro atoms. The van der Waals surface area contributed by atoms with Crippen LogP contribution in [0.25, 0.3) is 0 Å². The summed E-state index contributed by atoms with van der Waals surface area (Å²) in [4.78, 5) is 18.2. The van der Waals surface area contributed by atoms with E-state index < -0.39 is 25.2 Å². The minimum Gasteiger partial charge on any atom is -0.480 e. The van der Waals surface area contributed by atoms with E-state index in [1.54, 1.807) is 0 Å². The van der Waals surface area contributed by atoms with Crippen LogP contribution in [0.3, 0.4) is 0 Å². The Morgan fingerprint density at radius 3 is 1.00 bits per heavy atom. The van der Waals surface area contributed by atoms with E-state index in [1.807, 2.05) is 0 Å². The first-order valence-electron chi connectivity index (χ1n) is 2.20. The fraction of sp³-hybridized carbons (Fsp3) is 0.500. The minimum absolute atomic E-state index is 0.778. The average molecular weight is 152 g/mol. The molecule has 0 radical (unpaired) electrons. The number of hydrogen-bond donors (Lipinski definition) is 4. The smallest absolute Gasteiger partial charge is 0.329 e. The first kappa shape index (κ1) is 11.6. The van der Waals surface area contributed by atoms with Gasteiger partial charge in [0.15, 0.2) is 0 Å². The summed E-state index contributed by atoms with van der Waals surface area (Å²) in [6.07, 6.45) is 0. The largest absolute Gasteiger partial charge is 0.480 e. The third kappa shape index (κ3) is 28.8. The summed E-state index contributed by atoms with van der Waals surface area (Å²) >= 11 is 0. The highest BCUT2D eigenvalue weighted by Crippen LogP contribution is 1.49.